The van der Waals surface area contributed by atoms with E-state index in [4.69, 9.17) is 0 Å². The summed E-state index contributed by atoms with van der Waals surface area (Å²) in [4.78, 5) is 12.2. The van der Waals surface area contributed by atoms with Crippen molar-refractivity contribution in [2.45, 2.75) is 26.7 Å². The molecule has 0 fully saturated rings. The number of carbonyl (C=O) groups is 1. The Morgan fingerprint density at radius 2 is 1.80 bits per heavy atom. The van der Waals surface area contributed by atoms with Gasteiger partial charge in [0.25, 0.3) is 0 Å². The van der Waals surface area contributed by atoms with Crippen molar-refractivity contribution in [1.29, 1.82) is 0 Å². The largest absolute Gasteiger partial charge is 0.325 e. The lowest BCUT2D eigenvalue weighted by Gasteiger charge is -2.14. The molecule has 0 unspecified atom stereocenters. The van der Waals surface area contributed by atoms with Crippen LogP contribution in [0.5, 0.6) is 0 Å². The Labute approximate surface area is 147 Å². The van der Waals surface area contributed by atoms with E-state index in [0.29, 0.717) is 28.9 Å². The topological polar surface area (TPSA) is 75.3 Å². The molecule has 2 N–H and O–H groups in total. The fourth-order valence-electron chi connectivity index (χ4n) is 2.40. The highest BCUT2D eigenvalue weighted by Gasteiger charge is 2.13. The van der Waals surface area contributed by atoms with Gasteiger partial charge >= 0.3 is 0 Å². The van der Waals surface area contributed by atoms with E-state index in [1.165, 1.54) is 12.1 Å². The minimum Gasteiger partial charge on any atom is -0.325 e. The summed E-state index contributed by atoms with van der Waals surface area (Å²) in [5.41, 5.74) is 2.12. The Bertz CT molecular complexity index is 866. The molecule has 0 aliphatic carbocycles. The number of halogens is 1. The van der Waals surface area contributed by atoms with Crippen LogP contribution in [0.4, 0.5) is 15.8 Å². The molecule has 0 aliphatic rings. The highest BCUT2D eigenvalue weighted by atomic mass is 32.2. The second-order valence-electron chi connectivity index (χ2n) is 5.75. The summed E-state index contributed by atoms with van der Waals surface area (Å²) in [6.45, 7) is 3.51. The van der Waals surface area contributed by atoms with E-state index < -0.39 is 15.8 Å². The zero-order chi connectivity index (χ0) is 18.4. The number of amides is 1. The molecule has 0 atom stereocenters. The Balaban J connectivity index is 2.12. The van der Waals surface area contributed by atoms with Crippen molar-refractivity contribution < 1.29 is 17.6 Å². The molecule has 2 aromatic rings. The smallest absolute Gasteiger partial charge is 0.232 e. The summed E-state index contributed by atoms with van der Waals surface area (Å²) in [5.74, 6) is -0.668. The fraction of sp³-hybridized carbons (Fsp3) is 0.278. The van der Waals surface area contributed by atoms with Gasteiger partial charge in [-0.15, -0.1) is 0 Å². The second kappa shape index (κ2) is 8.11. The summed E-state index contributed by atoms with van der Waals surface area (Å²) in [6.07, 6.45) is 0.543. The second-order valence-corrected chi connectivity index (χ2v) is 7.60. The first-order valence-corrected chi connectivity index (χ1v) is 9.60. The summed E-state index contributed by atoms with van der Waals surface area (Å²) in [7, 11) is -3.41. The average Bonchev–Trinajstić information content (AvgIpc) is 2.51. The van der Waals surface area contributed by atoms with Gasteiger partial charge in [0.05, 0.1) is 17.9 Å². The number of sulfonamides is 1. The van der Waals surface area contributed by atoms with Crippen LogP contribution in [0.2, 0.25) is 0 Å². The number of hydrogen-bond donors (Lipinski definition) is 2. The van der Waals surface area contributed by atoms with Crippen molar-refractivity contribution in [3.8, 4) is 0 Å². The van der Waals surface area contributed by atoms with Crippen LogP contribution in [0, 0.1) is 12.7 Å². The van der Waals surface area contributed by atoms with Gasteiger partial charge in [-0.05, 0) is 48.7 Å². The first kappa shape index (κ1) is 18.9. The molecule has 0 saturated carbocycles. The number of anilines is 2. The Kier molecular flexibility index (Phi) is 6.14. The predicted molar refractivity (Wildman–Crippen MR) is 97.6 cm³/mol. The third kappa shape index (κ3) is 5.56. The number of nitrogens with one attached hydrogen (secondary N) is 2. The molecule has 1 amide bonds. The van der Waals surface area contributed by atoms with Crippen LogP contribution in [0.15, 0.2) is 42.5 Å². The minimum atomic E-state index is -3.41. The van der Waals surface area contributed by atoms with Crippen molar-refractivity contribution in [1.82, 2.24) is 0 Å². The lowest BCUT2D eigenvalue weighted by Crippen LogP contribution is -2.18. The summed E-state index contributed by atoms with van der Waals surface area (Å²) >= 11 is 0. The highest BCUT2D eigenvalue weighted by Crippen LogP contribution is 2.24. The van der Waals surface area contributed by atoms with Crippen LogP contribution >= 0.6 is 0 Å². The number of benzene rings is 2. The third-order valence-electron chi connectivity index (χ3n) is 3.60. The van der Waals surface area contributed by atoms with Crippen LogP contribution in [-0.2, 0) is 21.2 Å². The van der Waals surface area contributed by atoms with E-state index in [1.807, 2.05) is 0 Å². The fourth-order valence-corrected chi connectivity index (χ4v) is 3.59. The molecule has 0 saturated heterocycles. The molecule has 5 nitrogen and oxygen atoms in total. The average molecular weight is 364 g/mol. The Morgan fingerprint density at radius 3 is 2.48 bits per heavy atom. The molecule has 0 bridgehead atoms. The van der Waals surface area contributed by atoms with Gasteiger partial charge in [-0.3, -0.25) is 9.52 Å². The number of carbonyl (C=O) groups excluding carboxylic acids is 1. The van der Waals surface area contributed by atoms with E-state index in [2.05, 4.69) is 10.0 Å². The quantitative estimate of drug-likeness (QED) is 0.790. The van der Waals surface area contributed by atoms with E-state index in [9.17, 15) is 17.6 Å². The van der Waals surface area contributed by atoms with Gasteiger partial charge in [0.1, 0.15) is 5.82 Å². The van der Waals surface area contributed by atoms with Crippen LogP contribution in [0.25, 0.3) is 0 Å². The molecular weight excluding hydrogens is 343 g/mol. The summed E-state index contributed by atoms with van der Waals surface area (Å²) < 4.78 is 39.6. The first-order chi connectivity index (χ1) is 11.8. The van der Waals surface area contributed by atoms with Crippen molar-refractivity contribution in [3.05, 3.63) is 59.4 Å². The molecular formula is C18H21FN2O3S. The van der Waals surface area contributed by atoms with Crippen molar-refractivity contribution in [2.24, 2.45) is 0 Å². The normalized spacial score (nSPS) is 11.2. The van der Waals surface area contributed by atoms with Gasteiger partial charge in [-0.25, -0.2) is 12.8 Å². The van der Waals surface area contributed by atoms with Crippen LogP contribution in [-0.4, -0.2) is 20.1 Å². The highest BCUT2D eigenvalue weighted by molar-refractivity contribution is 7.92. The van der Waals surface area contributed by atoms with Crippen molar-refractivity contribution in [2.75, 3.05) is 15.8 Å². The Hall–Kier alpha value is -2.41. The minimum absolute atomic E-state index is 0.0304. The van der Waals surface area contributed by atoms with Crippen LogP contribution in [0.1, 0.15) is 24.5 Å². The molecule has 0 spiro atoms. The molecule has 0 aromatic heterocycles. The zero-order valence-corrected chi connectivity index (χ0v) is 15.0. The SMILES string of the molecule is CCCS(=O)(=O)Nc1cccc(NC(=O)Cc2cccc(F)c2)c1C. The van der Waals surface area contributed by atoms with Gasteiger partial charge in [0.2, 0.25) is 15.9 Å². The molecule has 0 radical (unpaired) electrons. The van der Waals surface area contributed by atoms with Crippen molar-refractivity contribution >= 4 is 27.3 Å². The number of rotatable bonds is 7. The monoisotopic (exact) mass is 364 g/mol. The van der Waals surface area contributed by atoms with Crippen LogP contribution in [0.3, 0.4) is 0 Å². The first-order valence-electron chi connectivity index (χ1n) is 7.95. The zero-order valence-electron chi connectivity index (χ0n) is 14.2. The molecule has 2 rings (SSSR count). The van der Waals surface area contributed by atoms with Gasteiger partial charge in [-0.1, -0.05) is 25.1 Å². The van der Waals surface area contributed by atoms with Gasteiger partial charge in [0, 0.05) is 5.69 Å². The number of hydrogen-bond acceptors (Lipinski definition) is 3. The summed E-state index contributed by atoms with van der Waals surface area (Å²) in [6, 6.07) is 10.8. The van der Waals surface area contributed by atoms with Crippen LogP contribution < -0.4 is 10.0 Å². The molecule has 0 heterocycles. The van der Waals surface area contributed by atoms with Gasteiger partial charge in [-0.2, -0.15) is 0 Å². The summed E-state index contributed by atoms with van der Waals surface area (Å²) in [5, 5.41) is 2.74. The standard InChI is InChI=1S/C18H21FN2O3S/c1-3-10-25(23,24)21-17-9-5-8-16(13(17)2)20-18(22)12-14-6-4-7-15(19)11-14/h4-9,11,21H,3,10,12H2,1-2H3,(H,20,22). The van der Waals surface area contributed by atoms with E-state index in [1.54, 1.807) is 44.2 Å². The molecule has 134 valence electrons. The predicted octanol–water partition coefficient (Wildman–Crippen LogP) is 3.47. The molecule has 7 heteroatoms. The third-order valence-corrected chi connectivity index (χ3v) is 5.08. The Morgan fingerprint density at radius 1 is 1.12 bits per heavy atom. The van der Waals surface area contributed by atoms with E-state index >= 15 is 0 Å². The van der Waals surface area contributed by atoms with Gasteiger partial charge in [0.15, 0.2) is 0 Å². The lowest BCUT2D eigenvalue weighted by atomic mass is 10.1. The molecule has 2 aromatic carbocycles. The van der Waals surface area contributed by atoms with E-state index in [0.717, 1.165) is 0 Å². The maximum Gasteiger partial charge on any atom is 0.232 e. The van der Waals surface area contributed by atoms with Crippen molar-refractivity contribution in [3.63, 3.8) is 0 Å². The van der Waals surface area contributed by atoms with Gasteiger partial charge < -0.3 is 5.32 Å². The van der Waals surface area contributed by atoms with E-state index in [-0.39, 0.29) is 18.1 Å². The maximum absolute atomic E-state index is 13.2. The molecule has 25 heavy (non-hydrogen) atoms. The lowest BCUT2D eigenvalue weighted by molar-refractivity contribution is -0.115. The maximum atomic E-state index is 13.2. The molecule has 0 aliphatic heterocycles.